The Hall–Kier alpha value is -3.49. The maximum Gasteiger partial charge on any atom is 0.305 e. The van der Waals surface area contributed by atoms with E-state index in [1.165, 1.54) is 18.2 Å². The first-order chi connectivity index (χ1) is 15.7. The van der Waals surface area contributed by atoms with Gasteiger partial charge in [0.15, 0.2) is 0 Å². The van der Waals surface area contributed by atoms with Crippen LogP contribution in [0.2, 0.25) is 0 Å². The number of hydrogen-bond acceptors (Lipinski definition) is 5. The molecule has 2 unspecified atom stereocenters. The Morgan fingerprint density at radius 2 is 1.82 bits per heavy atom. The second-order valence-corrected chi connectivity index (χ2v) is 8.15. The van der Waals surface area contributed by atoms with Crippen molar-refractivity contribution >= 4 is 12.2 Å². The number of aliphatic hydroxyl groups excluding tert-OH is 2. The standard InChI is InChI=1S/C25H27FN2O5/c1-15(2)25-27-23(17-4-3-5-19(29)12-17)24(16-6-8-18(26)9-7-16)28(25)11-10-20(30)13-21(31)14-22(32)33/h3-12,15,20-21,29-31H,13-14H2,1-2H3,(H,32,33)/b11-10+. The molecule has 1 heterocycles. The van der Waals surface area contributed by atoms with Crippen LogP contribution in [0.4, 0.5) is 4.39 Å². The number of aromatic nitrogens is 2. The highest BCUT2D eigenvalue weighted by Gasteiger charge is 2.21. The second kappa shape index (κ2) is 10.4. The molecule has 3 rings (SSSR count). The van der Waals surface area contributed by atoms with E-state index in [4.69, 9.17) is 10.1 Å². The molecule has 0 amide bonds. The summed E-state index contributed by atoms with van der Waals surface area (Å²) in [4.78, 5) is 15.6. The van der Waals surface area contributed by atoms with E-state index in [0.717, 1.165) is 0 Å². The van der Waals surface area contributed by atoms with Crippen LogP contribution >= 0.6 is 0 Å². The minimum Gasteiger partial charge on any atom is -0.508 e. The predicted molar refractivity (Wildman–Crippen MR) is 123 cm³/mol. The van der Waals surface area contributed by atoms with Crippen molar-refractivity contribution in [3.63, 3.8) is 0 Å². The number of phenols is 1. The van der Waals surface area contributed by atoms with Crippen LogP contribution in [0.5, 0.6) is 5.75 Å². The molecule has 7 nitrogen and oxygen atoms in total. The van der Waals surface area contributed by atoms with E-state index in [1.807, 2.05) is 19.9 Å². The number of carbonyl (C=O) groups is 1. The average Bonchev–Trinajstić information content (AvgIpc) is 3.12. The first kappa shape index (κ1) is 24.2. The Morgan fingerprint density at radius 3 is 2.42 bits per heavy atom. The molecule has 2 atom stereocenters. The highest BCUT2D eigenvalue weighted by molar-refractivity contribution is 5.81. The van der Waals surface area contributed by atoms with Crippen LogP contribution in [0.3, 0.4) is 0 Å². The summed E-state index contributed by atoms with van der Waals surface area (Å²) in [5, 5.41) is 38.9. The molecule has 2 aromatic carbocycles. The largest absolute Gasteiger partial charge is 0.508 e. The molecule has 8 heteroatoms. The summed E-state index contributed by atoms with van der Waals surface area (Å²) in [6.07, 6.45) is 0.194. The van der Waals surface area contributed by atoms with Crippen molar-refractivity contribution in [3.8, 4) is 28.3 Å². The Labute approximate surface area is 191 Å². The lowest BCUT2D eigenvalue weighted by atomic mass is 10.0. The molecule has 0 spiro atoms. The van der Waals surface area contributed by atoms with Gasteiger partial charge in [-0.25, -0.2) is 9.37 Å². The fraction of sp³-hybridized carbons (Fsp3) is 0.280. The molecule has 3 aromatic rings. The van der Waals surface area contributed by atoms with E-state index >= 15 is 0 Å². The Bertz CT molecular complexity index is 1140. The van der Waals surface area contributed by atoms with Gasteiger partial charge in [-0.3, -0.25) is 4.79 Å². The van der Waals surface area contributed by atoms with E-state index in [-0.39, 0.29) is 23.9 Å². The number of carboxylic acids is 1. The maximum atomic E-state index is 13.6. The van der Waals surface area contributed by atoms with E-state index in [1.54, 1.807) is 41.1 Å². The number of aliphatic carboxylic acids is 1. The quantitative estimate of drug-likeness (QED) is 0.384. The molecule has 174 valence electrons. The number of imidazole rings is 1. The number of aromatic hydroxyl groups is 1. The van der Waals surface area contributed by atoms with Crippen LogP contribution in [-0.4, -0.2) is 48.2 Å². The Balaban J connectivity index is 2.11. The van der Waals surface area contributed by atoms with Crippen molar-refractivity contribution in [1.29, 1.82) is 0 Å². The van der Waals surface area contributed by atoms with Crippen molar-refractivity contribution in [2.75, 3.05) is 0 Å². The van der Waals surface area contributed by atoms with Crippen molar-refractivity contribution in [2.24, 2.45) is 0 Å². The van der Waals surface area contributed by atoms with Gasteiger partial charge in [-0.05, 0) is 42.5 Å². The smallest absolute Gasteiger partial charge is 0.305 e. The lowest BCUT2D eigenvalue weighted by Crippen LogP contribution is -2.19. The lowest BCUT2D eigenvalue weighted by Gasteiger charge is -2.13. The molecule has 0 bridgehead atoms. The number of carboxylic acid groups (broad SMARTS) is 1. The zero-order chi connectivity index (χ0) is 24.1. The number of phenolic OH excluding ortho intramolecular Hbond substituents is 1. The number of rotatable bonds is 9. The summed E-state index contributed by atoms with van der Waals surface area (Å²) >= 11 is 0. The summed E-state index contributed by atoms with van der Waals surface area (Å²) in [6, 6.07) is 12.6. The molecular formula is C25H27FN2O5. The SMILES string of the molecule is CC(C)c1nc(-c2cccc(O)c2)c(-c2ccc(F)cc2)n1/C=C/C(O)CC(O)CC(=O)O. The van der Waals surface area contributed by atoms with Gasteiger partial charge >= 0.3 is 5.97 Å². The predicted octanol–water partition coefficient (Wildman–Crippen LogP) is 4.24. The third-order valence-corrected chi connectivity index (χ3v) is 5.07. The number of halogens is 1. The minimum absolute atomic E-state index is 0.0188. The topological polar surface area (TPSA) is 116 Å². The van der Waals surface area contributed by atoms with Crippen LogP contribution in [0.1, 0.15) is 38.4 Å². The number of hydrogen-bond donors (Lipinski definition) is 4. The molecular weight excluding hydrogens is 427 g/mol. The molecule has 1 aromatic heterocycles. The molecule has 0 radical (unpaired) electrons. The van der Waals surface area contributed by atoms with E-state index < -0.39 is 24.6 Å². The first-order valence-corrected chi connectivity index (χ1v) is 10.6. The van der Waals surface area contributed by atoms with Crippen LogP contribution in [-0.2, 0) is 4.79 Å². The monoisotopic (exact) mass is 454 g/mol. The molecule has 0 aliphatic rings. The summed E-state index contributed by atoms with van der Waals surface area (Å²) < 4.78 is 15.4. The number of nitrogens with zero attached hydrogens (tertiary/aromatic N) is 2. The molecule has 0 aliphatic carbocycles. The molecule has 0 saturated carbocycles. The summed E-state index contributed by atoms with van der Waals surface area (Å²) in [5.74, 6) is -0.802. The fourth-order valence-electron chi connectivity index (χ4n) is 3.57. The van der Waals surface area contributed by atoms with Gasteiger partial charge in [0.1, 0.15) is 17.4 Å². The van der Waals surface area contributed by atoms with Gasteiger partial charge in [0, 0.05) is 29.7 Å². The zero-order valence-corrected chi connectivity index (χ0v) is 18.4. The third-order valence-electron chi connectivity index (χ3n) is 5.07. The van der Waals surface area contributed by atoms with Crippen LogP contribution < -0.4 is 0 Å². The maximum absolute atomic E-state index is 13.6. The Morgan fingerprint density at radius 1 is 1.12 bits per heavy atom. The van der Waals surface area contributed by atoms with Crippen LogP contribution in [0.25, 0.3) is 28.7 Å². The van der Waals surface area contributed by atoms with Gasteiger partial charge < -0.3 is 25.0 Å². The molecule has 33 heavy (non-hydrogen) atoms. The Kier molecular flexibility index (Phi) is 7.63. The van der Waals surface area contributed by atoms with Crippen molar-refractivity contribution in [1.82, 2.24) is 9.55 Å². The van der Waals surface area contributed by atoms with Crippen molar-refractivity contribution < 1.29 is 29.6 Å². The molecule has 0 saturated heterocycles. The van der Waals surface area contributed by atoms with Crippen LogP contribution in [0, 0.1) is 5.82 Å². The number of aliphatic hydroxyl groups is 2. The highest BCUT2D eigenvalue weighted by Crippen LogP contribution is 2.36. The summed E-state index contributed by atoms with van der Waals surface area (Å²) in [7, 11) is 0. The number of benzene rings is 2. The highest BCUT2D eigenvalue weighted by atomic mass is 19.1. The lowest BCUT2D eigenvalue weighted by molar-refractivity contribution is -0.139. The summed E-state index contributed by atoms with van der Waals surface area (Å²) in [6.45, 7) is 3.92. The van der Waals surface area contributed by atoms with Gasteiger partial charge in [-0.15, -0.1) is 0 Å². The van der Waals surface area contributed by atoms with E-state index in [2.05, 4.69) is 0 Å². The minimum atomic E-state index is -1.19. The second-order valence-electron chi connectivity index (χ2n) is 8.15. The van der Waals surface area contributed by atoms with Gasteiger partial charge in [0.25, 0.3) is 0 Å². The van der Waals surface area contributed by atoms with Gasteiger partial charge in [0.2, 0.25) is 0 Å². The van der Waals surface area contributed by atoms with Crippen molar-refractivity contribution in [2.45, 2.75) is 44.8 Å². The van der Waals surface area contributed by atoms with E-state index in [9.17, 15) is 24.5 Å². The van der Waals surface area contributed by atoms with E-state index in [0.29, 0.717) is 28.3 Å². The normalized spacial score (nSPS) is 13.5. The van der Waals surface area contributed by atoms with Gasteiger partial charge in [0.05, 0.1) is 30.0 Å². The van der Waals surface area contributed by atoms with Crippen molar-refractivity contribution in [3.05, 3.63) is 66.2 Å². The summed E-state index contributed by atoms with van der Waals surface area (Å²) in [5.41, 5.74) is 2.56. The zero-order valence-electron chi connectivity index (χ0n) is 18.4. The molecule has 0 fully saturated rings. The molecule has 0 aliphatic heterocycles. The average molecular weight is 454 g/mol. The van der Waals surface area contributed by atoms with Gasteiger partial charge in [-0.1, -0.05) is 26.0 Å². The fourth-order valence-corrected chi connectivity index (χ4v) is 3.57. The third kappa shape index (κ3) is 6.06. The van der Waals surface area contributed by atoms with Crippen LogP contribution in [0.15, 0.2) is 54.6 Å². The first-order valence-electron chi connectivity index (χ1n) is 10.6. The molecule has 4 N–H and O–H groups in total. The van der Waals surface area contributed by atoms with Gasteiger partial charge in [-0.2, -0.15) is 0 Å².